The van der Waals surface area contributed by atoms with Gasteiger partial charge < -0.3 is 10.3 Å². The standard InChI is InChI=1S/C24H32N4O/c29-23(27-24-12-16-9-17(13-24)11-18(10-16)14-24)19-5-7-28(8-6-19)15-22-25-20-3-1-2-4-21(20)26-22/h1-4,16-19H,5-15H2,(H,25,26)(H,27,29). The van der Waals surface area contributed by atoms with Gasteiger partial charge in [0.25, 0.3) is 0 Å². The Balaban J connectivity index is 1.05. The number of imidazole rings is 1. The van der Waals surface area contributed by atoms with Crippen LogP contribution in [0.25, 0.3) is 11.0 Å². The zero-order valence-corrected chi connectivity index (χ0v) is 17.2. The molecular weight excluding hydrogens is 360 g/mol. The van der Waals surface area contributed by atoms with E-state index < -0.39 is 0 Å². The summed E-state index contributed by atoms with van der Waals surface area (Å²) < 4.78 is 0. The maximum Gasteiger partial charge on any atom is 0.223 e. The zero-order valence-electron chi connectivity index (χ0n) is 17.2. The third-order valence-corrected chi connectivity index (χ3v) is 8.20. The number of aromatic nitrogens is 2. The molecule has 2 aromatic rings. The maximum absolute atomic E-state index is 13.1. The summed E-state index contributed by atoms with van der Waals surface area (Å²) >= 11 is 0. The van der Waals surface area contributed by atoms with E-state index in [2.05, 4.69) is 27.3 Å². The van der Waals surface area contributed by atoms with E-state index in [1.54, 1.807) is 0 Å². The molecule has 5 fully saturated rings. The molecule has 154 valence electrons. The number of carbonyl (C=O) groups is 1. The molecular formula is C24H32N4O. The lowest BCUT2D eigenvalue weighted by Crippen LogP contribution is -2.61. The Morgan fingerprint density at radius 3 is 2.38 bits per heavy atom. The second kappa shape index (κ2) is 6.83. The van der Waals surface area contributed by atoms with Gasteiger partial charge in [0.15, 0.2) is 0 Å². The van der Waals surface area contributed by atoms with Crippen molar-refractivity contribution in [2.45, 2.75) is 63.5 Å². The summed E-state index contributed by atoms with van der Waals surface area (Å²) in [5.74, 6) is 4.21. The Kier molecular flexibility index (Phi) is 4.22. The molecule has 29 heavy (non-hydrogen) atoms. The van der Waals surface area contributed by atoms with Gasteiger partial charge in [-0.2, -0.15) is 0 Å². The first kappa shape index (κ1) is 17.9. The molecule has 0 spiro atoms. The Hall–Kier alpha value is -1.88. The van der Waals surface area contributed by atoms with E-state index in [4.69, 9.17) is 4.98 Å². The van der Waals surface area contributed by atoms with Crippen molar-refractivity contribution in [2.24, 2.45) is 23.7 Å². The SMILES string of the molecule is O=C(NC12CC3CC(CC(C3)C1)C2)C1CCN(Cc2nc3ccccc3[nH]2)CC1. The molecule has 5 aliphatic rings. The summed E-state index contributed by atoms with van der Waals surface area (Å²) in [5.41, 5.74) is 2.29. The van der Waals surface area contributed by atoms with Gasteiger partial charge in [-0.05, 0) is 94.3 Å². The Labute approximate surface area is 172 Å². The van der Waals surface area contributed by atoms with Crippen molar-refractivity contribution >= 4 is 16.9 Å². The summed E-state index contributed by atoms with van der Waals surface area (Å²) in [7, 11) is 0. The van der Waals surface area contributed by atoms with Crippen molar-refractivity contribution in [3.8, 4) is 0 Å². The normalized spacial score (nSPS) is 34.7. The van der Waals surface area contributed by atoms with Gasteiger partial charge in [-0.1, -0.05) is 12.1 Å². The van der Waals surface area contributed by atoms with Crippen molar-refractivity contribution in [2.75, 3.05) is 13.1 Å². The average Bonchev–Trinajstić information content (AvgIpc) is 3.09. The Bertz CT molecular complexity index is 842. The summed E-state index contributed by atoms with van der Waals surface area (Å²) in [5, 5.41) is 3.60. The van der Waals surface area contributed by atoms with Crippen LogP contribution in [0.3, 0.4) is 0 Å². The molecule has 2 N–H and O–H groups in total. The molecule has 1 aromatic carbocycles. The molecule has 0 radical (unpaired) electrons. The number of piperidine rings is 1. The van der Waals surface area contributed by atoms with Crippen LogP contribution in [0.2, 0.25) is 0 Å². The first-order chi connectivity index (χ1) is 14.1. The molecule has 4 saturated carbocycles. The second-order valence-corrected chi connectivity index (χ2v) is 10.4. The molecule has 1 aliphatic heterocycles. The van der Waals surface area contributed by atoms with Crippen LogP contribution in [0.15, 0.2) is 24.3 Å². The molecule has 5 heteroatoms. The van der Waals surface area contributed by atoms with Crippen LogP contribution in [0.4, 0.5) is 0 Å². The molecule has 5 nitrogen and oxygen atoms in total. The molecule has 0 atom stereocenters. The minimum atomic E-state index is 0.150. The number of hydrogen-bond acceptors (Lipinski definition) is 3. The zero-order chi connectivity index (χ0) is 19.4. The lowest BCUT2D eigenvalue weighted by molar-refractivity contribution is -0.132. The third-order valence-electron chi connectivity index (χ3n) is 8.20. The van der Waals surface area contributed by atoms with Gasteiger partial charge in [-0.3, -0.25) is 9.69 Å². The fraction of sp³-hybridized carbons (Fsp3) is 0.667. The molecule has 7 rings (SSSR count). The third kappa shape index (κ3) is 3.37. The quantitative estimate of drug-likeness (QED) is 0.831. The van der Waals surface area contributed by atoms with Crippen molar-refractivity contribution < 1.29 is 4.79 Å². The van der Waals surface area contributed by atoms with Gasteiger partial charge in [-0.15, -0.1) is 0 Å². The number of likely N-dealkylation sites (tertiary alicyclic amines) is 1. The number of fused-ring (bicyclic) bond motifs is 1. The van der Waals surface area contributed by atoms with E-state index in [0.29, 0.717) is 5.91 Å². The smallest absolute Gasteiger partial charge is 0.223 e. The predicted octanol–water partition coefficient (Wildman–Crippen LogP) is 3.86. The molecule has 1 amide bonds. The van der Waals surface area contributed by atoms with Crippen molar-refractivity contribution in [3.05, 3.63) is 30.1 Å². The van der Waals surface area contributed by atoms with E-state index in [1.165, 1.54) is 38.5 Å². The van der Waals surface area contributed by atoms with E-state index in [9.17, 15) is 4.79 Å². The fourth-order valence-corrected chi connectivity index (χ4v) is 7.27. The molecule has 1 saturated heterocycles. The summed E-state index contributed by atoms with van der Waals surface area (Å²) in [6, 6.07) is 8.20. The molecule has 1 aromatic heterocycles. The molecule has 0 unspecified atom stereocenters. The van der Waals surface area contributed by atoms with Crippen LogP contribution in [-0.4, -0.2) is 39.4 Å². The first-order valence-corrected chi connectivity index (χ1v) is 11.6. The van der Waals surface area contributed by atoms with Crippen molar-refractivity contribution in [1.29, 1.82) is 0 Å². The van der Waals surface area contributed by atoms with E-state index in [-0.39, 0.29) is 11.5 Å². The molecule has 4 aliphatic carbocycles. The lowest BCUT2D eigenvalue weighted by atomic mass is 9.53. The topological polar surface area (TPSA) is 61.0 Å². The number of nitrogens with one attached hydrogen (secondary N) is 2. The first-order valence-electron chi connectivity index (χ1n) is 11.6. The highest BCUT2D eigenvalue weighted by Crippen LogP contribution is 2.55. The minimum Gasteiger partial charge on any atom is -0.350 e. The van der Waals surface area contributed by atoms with Gasteiger partial charge in [-0.25, -0.2) is 4.98 Å². The van der Waals surface area contributed by atoms with Crippen LogP contribution >= 0.6 is 0 Å². The van der Waals surface area contributed by atoms with E-state index >= 15 is 0 Å². The van der Waals surface area contributed by atoms with Gasteiger partial charge in [0.2, 0.25) is 5.91 Å². The summed E-state index contributed by atoms with van der Waals surface area (Å²) in [6.07, 6.45) is 9.96. The van der Waals surface area contributed by atoms with Crippen molar-refractivity contribution in [3.63, 3.8) is 0 Å². The number of aromatic amines is 1. The van der Waals surface area contributed by atoms with Gasteiger partial charge in [0.05, 0.1) is 17.6 Å². The van der Waals surface area contributed by atoms with Crippen LogP contribution in [-0.2, 0) is 11.3 Å². The highest BCUT2D eigenvalue weighted by atomic mass is 16.2. The van der Waals surface area contributed by atoms with Crippen molar-refractivity contribution in [1.82, 2.24) is 20.2 Å². The van der Waals surface area contributed by atoms with Crippen LogP contribution < -0.4 is 5.32 Å². The van der Waals surface area contributed by atoms with E-state index in [1.807, 2.05) is 12.1 Å². The fourth-order valence-electron chi connectivity index (χ4n) is 7.27. The number of amides is 1. The van der Waals surface area contributed by atoms with Gasteiger partial charge in [0, 0.05) is 11.5 Å². The minimum absolute atomic E-state index is 0.150. The highest BCUT2D eigenvalue weighted by molar-refractivity contribution is 5.79. The largest absolute Gasteiger partial charge is 0.350 e. The summed E-state index contributed by atoms with van der Waals surface area (Å²) in [4.78, 5) is 23.7. The van der Waals surface area contributed by atoms with Gasteiger partial charge >= 0.3 is 0 Å². The number of benzene rings is 1. The number of hydrogen-bond donors (Lipinski definition) is 2. The molecule has 2 heterocycles. The predicted molar refractivity (Wildman–Crippen MR) is 113 cm³/mol. The Morgan fingerprint density at radius 2 is 1.72 bits per heavy atom. The van der Waals surface area contributed by atoms with Crippen LogP contribution in [0.1, 0.15) is 57.2 Å². The Morgan fingerprint density at radius 1 is 1.07 bits per heavy atom. The number of para-hydroxylation sites is 2. The second-order valence-electron chi connectivity index (χ2n) is 10.4. The lowest BCUT2D eigenvalue weighted by Gasteiger charge is -2.57. The summed E-state index contributed by atoms with van der Waals surface area (Å²) in [6.45, 7) is 2.81. The monoisotopic (exact) mass is 392 g/mol. The number of rotatable bonds is 4. The van der Waals surface area contributed by atoms with Gasteiger partial charge in [0.1, 0.15) is 5.82 Å². The molecule has 4 bridgehead atoms. The number of H-pyrrole nitrogens is 1. The number of nitrogens with zero attached hydrogens (tertiary/aromatic N) is 2. The van der Waals surface area contributed by atoms with E-state index in [0.717, 1.165) is 67.1 Å². The average molecular weight is 393 g/mol. The maximum atomic E-state index is 13.1. The van der Waals surface area contributed by atoms with Crippen LogP contribution in [0.5, 0.6) is 0 Å². The van der Waals surface area contributed by atoms with Crippen LogP contribution in [0, 0.1) is 23.7 Å². The highest BCUT2D eigenvalue weighted by Gasteiger charge is 2.51. The number of carbonyl (C=O) groups excluding carboxylic acids is 1.